The number of nitrogens with zero attached hydrogens (tertiary/aromatic N) is 6. The second-order valence-electron chi connectivity index (χ2n) is 15.8. The molecule has 2 aliphatic carbocycles. The van der Waals surface area contributed by atoms with Crippen molar-refractivity contribution in [3.8, 4) is 11.4 Å². The maximum absolute atomic E-state index is 15.5. The molecule has 4 atom stereocenters. The molecule has 21 heteroatoms. The topological polar surface area (TPSA) is 155 Å². The lowest BCUT2D eigenvalue weighted by atomic mass is 10.0. The Morgan fingerprint density at radius 3 is 2.41 bits per heavy atom. The number of sulfonamides is 1. The Labute approximate surface area is 348 Å². The molecule has 322 valence electrons. The fourth-order valence-electron chi connectivity index (χ4n) is 7.98. The summed E-state index contributed by atoms with van der Waals surface area (Å²) in [5, 5.41) is 10.9. The first kappa shape index (κ1) is 42.1. The fourth-order valence-corrected chi connectivity index (χ4v) is 8.72. The second kappa shape index (κ2) is 15.1. The van der Waals surface area contributed by atoms with Crippen molar-refractivity contribution in [2.75, 3.05) is 11.0 Å². The van der Waals surface area contributed by atoms with Crippen LogP contribution in [0.1, 0.15) is 73.9 Å². The molecule has 6 aromatic rings. The van der Waals surface area contributed by atoms with E-state index in [0.29, 0.717) is 16.5 Å². The molecule has 0 saturated heterocycles. The van der Waals surface area contributed by atoms with Crippen LogP contribution in [0.15, 0.2) is 53.3 Å². The SMILES string of the molecule is CC(C)[C@@H](C)Oc1ccc2c(=O)n(-c3ccc(Cl)c4c(NS(C)(=O)=O)nn(C)c34)c([C@H](Cc3cc(F)cc(F)c3)NC(=O)Cn3nc(C(F)F)c4c3C(F)(F)[C@H]3C[C@@H]43)nc2c1. The summed E-state index contributed by atoms with van der Waals surface area (Å²) >= 11 is 6.62. The number of carbonyl (C=O) groups excluding carboxylic acids is 1. The van der Waals surface area contributed by atoms with Crippen LogP contribution in [-0.2, 0) is 40.8 Å². The molecule has 3 heterocycles. The molecule has 2 N–H and O–H groups in total. The molecule has 0 spiro atoms. The lowest BCUT2D eigenvalue weighted by Gasteiger charge is -2.24. The molecule has 0 radical (unpaired) electrons. The van der Waals surface area contributed by atoms with Gasteiger partial charge >= 0.3 is 0 Å². The van der Waals surface area contributed by atoms with Crippen LogP contribution in [0.3, 0.4) is 0 Å². The molecule has 0 bridgehead atoms. The Balaban J connectivity index is 1.34. The monoisotopic (exact) mass is 890 g/mol. The van der Waals surface area contributed by atoms with Crippen molar-refractivity contribution < 1.29 is 44.3 Å². The highest BCUT2D eigenvalue weighted by Crippen LogP contribution is 2.68. The lowest BCUT2D eigenvalue weighted by Crippen LogP contribution is -2.38. The first-order chi connectivity index (χ1) is 28.6. The van der Waals surface area contributed by atoms with Crippen molar-refractivity contribution in [3.05, 3.63) is 104 Å². The first-order valence-corrected chi connectivity index (χ1v) is 21.3. The van der Waals surface area contributed by atoms with Gasteiger partial charge in [-0.1, -0.05) is 25.4 Å². The third-order valence-corrected chi connectivity index (χ3v) is 11.9. The molecule has 61 heavy (non-hydrogen) atoms. The molecule has 1 fully saturated rings. The van der Waals surface area contributed by atoms with Crippen LogP contribution >= 0.6 is 11.6 Å². The Morgan fingerprint density at radius 1 is 1.05 bits per heavy atom. The van der Waals surface area contributed by atoms with Crippen molar-refractivity contribution in [1.82, 2.24) is 34.4 Å². The van der Waals surface area contributed by atoms with Gasteiger partial charge < -0.3 is 10.1 Å². The summed E-state index contributed by atoms with van der Waals surface area (Å²) in [6.07, 6.45) is -3.03. The van der Waals surface area contributed by atoms with Gasteiger partial charge in [-0.05, 0) is 67.1 Å². The summed E-state index contributed by atoms with van der Waals surface area (Å²) in [5.41, 5.74) is -2.48. The molecule has 1 saturated carbocycles. The van der Waals surface area contributed by atoms with Gasteiger partial charge in [0.15, 0.2) is 5.82 Å². The minimum Gasteiger partial charge on any atom is -0.490 e. The number of carbonyl (C=O) groups is 1. The quantitative estimate of drug-likeness (QED) is 0.114. The van der Waals surface area contributed by atoms with Gasteiger partial charge in [-0.15, -0.1) is 0 Å². The number of aryl methyl sites for hydroxylation is 1. The number of fused-ring (bicyclic) bond motifs is 5. The summed E-state index contributed by atoms with van der Waals surface area (Å²) in [4.78, 5) is 33.9. The van der Waals surface area contributed by atoms with E-state index >= 15 is 8.78 Å². The minimum absolute atomic E-state index is 0.00137. The van der Waals surface area contributed by atoms with Gasteiger partial charge in [-0.2, -0.15) is 19.0 Å². The number of halogens is 7. The number of hydrogen-bond acceptors (Lipinski definition) is 8. The summed E-state index contributed by atoms with van der Waals surface area (Å²) in [5.74, 6) is -8.58. The molecule has 13 nitrogen and oxygen atoms in total. The normalized spacial score (nSPS) is 17.8. The minimum atomic E-state index is -3.90. The van der Waals surface area contributed by atoms with Crippen LogP contribution in [0.5, 0.6) is 5.75 Å². The van der Waals surface area contributed by atoms with Crippen molar-refractivity contribution >= 4 is 55.2 Å². The van der Waals surface area contributed by atoms with E-state index in [1.807, 2.05) is 20.8 Å². The molecule has 1 amide bonds. The van der Waals surface area contributed by atoms with Gasteiger partial charge in [-0.25, -0.2) is 31.0 Å². The molecular weight excluding hydrogens is 854 g/mol. The number of ether oxygens (including phenoxy) is 1. The van der Waals surface area contributed by atoms with Crippen LogP contribution in [0.4, 0.5) is 32.2 Å². The Bertz CT molecular complexity index is 2930. The Kier molecular flexibility index (Phi) is 10.4. The van der Waals surface area contributed by atoms with E-state index in [2.05, 4.69) is 20.2 Å². The maximum atomic E-state index is 15.5. The number of benzene rings is 3. The van der Waals surface area contributed by atoms with Crippen LogP contribution in [0.2, 0.25) is 5.02 Å². The molecule has 3 aromatic heterocycles. The largest absolute Gasteiger partial charge is 0.490 e. The first-order valence-electron chi connectivity index (χ1n) is 19.0. The third kappa shape index (κ3) is 7.68. The average molecular weight is 891 g/mol. The van der Waals surface area contributed by atoms with E-state index in [4.69, 9.17) is 21.3 Å². The lowest BCUT2D eigenvalue weighted by molar-refractivity contribution is -0.123. The summed E-state index contributed by atoms with van der Waals surface area (Å²) in [6, 6.07) is 8.40. The molecule has 0 aliphatic heterocycles. The van der Waals surface area contributed by atoms with Crippen molar-refractivity contribution in [1.29, 1.82) is 0 Å². The predicted molar refractivity (Wildman–Crippen MR) is 213 cm³/mol. The van der Waals surface area contributed by atoms with Gasteiger partial charge in [0, 0.05) is 37.1 Å². The zero-order valence-corrected chi connectivity index (χ0v) is 34.6. The third-order valence-electron chi connectivity index (χ3n) is 11.0. The molecule has 3 aromatic carbocycles. The van der Waals surface area contributed by atoms with E-state index in [1.165, 1.54) is 36.0 Å². The second-order valence-corrected chi connectivity index (χ2v) is 17.9. The van der Waals surface area contributed by atoms with E-state index in [0.717, 1.165) is 23.0 Å². The van der Waals surface area contributed by atoms with E-state index in [9.17, 15) is 35.6 Å². The molecule has 2 aliphatic rings. The molecule has 8 rings (SSSR count). The maximum Gasteiger partial charge on any atom is 0.293 e. The van der Waals surface area contributed by atoms with Gasteiger partial charge in [0.05, 0.1) is 50.9 Å². The van der Waals surface area contributed by atoms with Crippen LogP contribution in [0.25, 0.3) is 27.5 Å². The zero-order chi connectivity index (χ0) is 44.0. The highest BCUT2D eigenvalue weighted by molar-refractivity contribution is 7.92. The zero-order valence-electron chi connectivity index (χ0n) is 33.0. The number of amides is 1. The number of alkyl halides is 4. The van der Waals surface area contributed by atoms with E-state index in [-0.39, 0.29) is 73.7 Å². The van der Waals surface area contributed by atoms with E-state index < -0.39 is 87.7 Å². The van der Waals surface area contributed by atoms with Crippen molar-refractivity contribution in [2.45, 2.75) is 70.6 Å². The van der Waals surface area contributed by atoms with Gasteiger partial charge in [-0.3, -0.25) is 28.2 Å². The number of anilines is 1. The standard InChI is InChI=1S/C40H37ClF6N8O5S/c1-17(2)18(3)60-22-6-7-23-27(14-22)49-38(55(39(23)57)29-9-8-26(41)32-34(29)53(4)51-37(32)52-61(5,58)59)28(12-19-10-20(42)13-21(43)11-19)48-30(56)16-54-35-31(33(50-54)36(44)45)24-15-25(24)40(35,46)47/h6-11,13-14,17-18,24-25,28,36H,12,15-16H2,1-5H3,(H,48,56)(H,51,52)/t18-,24-,25+,28+/m1/s1. The van der Waals surface area contributed by atoms with Crippen LogP contribution in [0, 0.1) is 23.5 Å². The van der Waals surface area contributed by atoms with Crippen LogP contribution < -0.4 is 20.3 Å². The summed E-state index contributed by atoms with van der Waals surface area (Å²) in [7, 11) is -2.45. The van der Waals surface area contributed by atoms with Gasteiger partial charge in [0.2, 0.25) is 15.9 Å². The number of rotatable bonds is 13. The Hall–Kier alpha value is -5.63. The predicted octanol–water partition coefficient (Wildman–Crippen LogP) is 7.44. The van der Waals surface area contributed by atoms with Crippen molar-refractivity contribution in [2.24, 2.45) is 18.9 Å². The fraction of sp³-hybridized carbons (Fsp3) is 0.375. The highest BCUT2D eigenvalue weighted by atomic mass is 35.5. The average Bonchev–Trinajstić information content (AvgIpc) is 3.69. The molecular formula is C40H37ClF6N8O5S. The highest BCUT2D eigenvalue weighted by Gasteiger charge is 2.67. The van der Waals surface area contributed by atoms with Gasteiger partial charge in [0.25, 0.3) is 17.9 Å². The molecule has 0 unspecified atom stereocenters. The Morgan fingerprint density at radius 2 is 1.75 bits per heavy atom. The number of hydrogen-bond donors (Lipinski definition) is 2. The number of nitrogens with one attached hydrogen (secondary N) is 2. The van der Waals surface area contributed by atoms with Gasteiger partial charge in [0.1, 0.15) is 41.1 Å². The number of aromatic nitrogens is 6. The summed E-state index contributed by atoms with van der Waals surface area (Å²) in [6.45, 7) is 4.76. The van der Waals surface area contributed by atoms with Crippen molar-refractivity contribution in [3.63, 3.8) is 0 Å². The smallest absolute Gasteiger partial charge is 0.293 e. The van der Waals surface area contributed by atoms with E-state index in [1.54, 1.807) is 6.07 Å². The summed E-state index contributed by atoms with van der Waals surface area (Å²) < 4.78 is 125. The van der Waals surface area contributed by atoms with Crippen LogP contribution in [-0.4, -0.2) is 55.8 Å².